The van der Waals surface area contributed by atoms with E-state index in [-0.39, 0.29) is 39.8 Å². The Labute approximate surface area is 426 Å². The number of hydrogen-bond donors (Lipinski definition) is 0. The van der Waals surface area contributed by atoms with Gasteiger partial charge in [-0.2, -0.15) is 0 Å². The van der Waals surface area contributed by atoms with Crippen molar-refractivity contribution in [2.75, 3.05) is 0 Å². The Balaban J connectivity index is 1.09. The number of hydrogen-bond acceptors (Lipinski definition) is 3. The van der Waals surface area contributed by atoms with Crippen LogP contribution in [0.2, 0.25) is 0 Å². The van der Waals surface area contributed by atoms with E-state index in [4.69, 9.17) is 0 Å². The minimum absolute atomic E-state index is 0.0510. The van der Waals surface area contributed by atoms with Crippen LogP contribution in [-0.4, -0.2) is 20.4 Å². The zero-order valence-electron chi connectivity index (χ0n) is 41.9. The number of Topliss-reactive ketones (excluding diaryl/α,β-unsaturated/α-hetero) is 2. The largest absolute Gasteiger partial charge is 0.308 e. The molecule has 4 bridgehead atoms. The lowest BCUT2D eigenvalue weighted by Crippen LogP contribution is -2.19. The highest BCUT2D eigenvalue weighted by Crippen LogP contribution is 2.57. The predicted molar refractivity (Wildman–Crippen MR) is 299 cm³/mol. The Bertz CT molecular complexity index is 4800. The van der Waals surface area contributed by atoms with Crippen molar-refractivity contribution in [2.24, 2.45) is 0 Å². The molecule has 19 rings (SSSR count). The summed E-state index contributed by atoms with van der Waals surface area (Å²) in [7, 11) is 0. The van der Waals surface area contributed by atoms with Crippen LogP contribution in [0.5, 0.6) is 0 Å². The van der Waals surface area contributed by atoms with Gasteiger partial charge in [-0.1, -0.05) is 145 Å². The van der Waals surface area contributed by atoms with Gasteiger partial charge in [-0.3, -0.25) is 18.8 Å². The SMILES string of the molecule is CC(C)(C)c1ccc2c(c1)c1cc(C(C)(C)C)cc3c4c(cc5c6cc7c(cc6n6c8cc9c(cc8c4c56)C4c5ccccc5C(C9=O)c5ccccc54)C(=O)C4c5ccccc5C7c5ccccc54)c(=O)n2c13. The van der Waals surface area contributed by atoms with E-state index < -0.39 is 11.8 Å². The number of ketones is 2. The maximum Gasteiger partial charge on any atom is 0.263 e. The molecule has 6 aliphatic rings. The summed E-state index contributed by atoms with van der Waals surface area (Å²) in [4.78, 5) is 47.3. The zero-order chi connectivity index (χ0) is 49.7. The number of aromatic nitrogens is 2. The molecule has 4 aromatic heterocycles. The van der Waals surface area contributed by atoms with Crippen molar-refractivity contribution in [3.63, 3.8) is 0 Å². The van der Waals surface area contributed by atoms with E-state index in [0.717, 1.165) is 115 Å². The number of benzene rings is 9. The predicted octanol–water partition coefficient (Wildman–Crippen LogP) is 15.6. The highest BCUT2D eigenvalue weighted by Gasteiger charge is 2.45. The molecule has 0 saturated heterocycles. The number of fused-ring (bicyclic) bond motifs is 12. The number of rotatable bonds is 0. The Kier molecular flexibility index (Phi) is 7.34. The molecular formula is C69H48N2O3. The monoisotopic (exact) mass is 952 g/mol. The van der Waals surface area contributed by atoms with Gasteiger partial charge in [-0.05, 0) is 132 Å². The molecule has 9 aromatic carbocycles. The van der Waals surface area contributed by atoms with E-state index >= 15 is 14.4 Å². The van der Waals surface area contributed by atoms with Crippen LogP contribution in [0.15, 0.2) is 163 Å². The maximum atomic E-state index is 16.1. The van der Waals surface area contributed by atoms with E-state index in [0.29, 0.717) is 5.39 Å². The standard InChI is InChI=1S/C69H48N2O3/c1-68(2,3)33-23-24-54-43(25-33)47-26-34(69(4,5)6)27-52-59-53(67(74)71(54)63(47)52)30-48-44-28-45-49(65(72)60-39-19-11-7-15-35(39)57(45)36-16-8-12-20-40(36)60)31-55(44)70-56-32-50-46(29-51(56)62(59)64(48)70)58-37-17-9-13-21-41(37)61(66(50)73)42-22-14-10-18-38(42)58/h7-32,57-58,60-61H,1-6H3. The van der Waals surface area contributed by atoms with Crippen molar-refractivity contribution >= 4 is 87.6 Å². The molecule has 4 heterocycles. The molecule has 74 heavy (non-hydrogen) atoms. The summed E-state index contributed by atoms with van der Waals surface area (Å²) >= 11 is 0. The fourth-order valence-electron chi connectivity index (χ4n) is 15.0. The van der Waals surface area contributed by atoms with E-state index in [1.165, 1.54) is 33.4 Å². The molecule has 0 fully saturated rings. The first-order valence-corrected chi connectivity index (χ1v) is 26.3. The summed E-state index contributed by atoms with van der Waals surface area (Å²) in [5.74, 6) is -0.986. The summed E-state index contributed by atoms with van der Waals surface area (Å²) in [6.45, 7) is 13.6. The van der Waals surface area contributed by atoms with Crippen LogP contribution < -0.4 is 5.56 Å². The molecule has 5 heteroatoms. The third-order valence-electron chi connectivity index (χ3n) is 18.3. The second kappa shape index (κ2) is 13.2. The van der Waals surface area contributed by atoms with E-state index in [1.54, 1.807) is 0 Å². The van der Waals surface area contributed by atoms with Crippen LogP contribution in [-0.2, 0) is 10.8 Å². The Hall–Kier alpha value is -8.41. The highest BCUT2D eigenvalue weighted by atomic mass is 16.1. The fourth-order valence-corrected chi connectivity index (χ4v) is 15.0. The molecule has 6 aliphatic carbocycles. The van der Waals surface area contributed by atoms with Crippen LogP contribution in [0, 0.1) is 0 Å². The Morgan fingerprint density at radius 3 is 1.24 bits per heavy atom. The second-order valence-electron chi connectivity index (χ2n) is 24.1. The average Bonchev–Trinajstić information content (AvgIpc) is 4.10. The highest BCUT2D eigenvalue weighted by molar-refractivity contribution is 6.37. The zero-order valence-corrected chi connectivity index (χ0v) is 41.9. The first-order valence-electron chi connectivity index (χ1n) is 26.3. The van der Waals surface area contributed by atoms with E-state index in [2.05, 4.69) is 204 Å². The van der Waals surface area contributed by atoms with Crippen LogP contribution in [0.1, 0.15) is 153 Å². The lowest BCUT2D eigenvalue weighted by molar-refractivity contribution is 0.0966. The van der Waals surface area contributed by atoms with Gasteiger partial charge in [-0.15, -0.1) is 0 Å². The molecule has 0 unspecified atom stereocenters. The lowest BCUT2D eigenvalue weighted by atomic mass is 9.72. The first kappa shape index (κ1) is 41.1. The molecule has 5 nitrogen and oxygen atoms in total. The van der Waals surface area contributed by atoms with Crippen molar-refractivity contribution < 1.29 is 9.59 Å². The van der Waals surface area contributed by atoms with Crippen molar-refractivity contribution in [1.82, 2.24) is 8.80 Å². The van der Waals surface area contributed by atoms with Gasteiger partial charge in [0.25, 0.3) is 5.56 Å². The lowest BCUT2D eigenvalue weighted by Gasteiger charge is -2.30. The average molecular weight is 953 g/mol. The molecule has 0 saturated carbocycles. The van der Waals surface area contributed by atoms with Gasteiger partial charge in [0, 0.05) is 71.4 Å². The molecule has 13 aromatic rings. The van der Waals surface area contributed by atoms with Gasteiger partial charge >= 0.3 is 0 Å². The smallest absolute Gasteiger partial charge is 0.263 e. The maximum absolute atomic E-state index is 16.1. The molecule has 0 radical (unpaired) electrons. The minimum atomic E-state index is -0.435. The molecular weight excluding hydrogens is 905 g/mol. The third-order valence-corrected chi connectivity index (χ3v) is 18.3. The van der Waals surface area contributed by atoms with Crippen LogP contribution in [0.25, 0.3) is 76.1 Å². The van der Waals surface area contributed by atoms with Gasteiger partial charge in [0.05, 0.1) is 39.4 Å². The van der Waals surface area contributed by atoms with Gasteiger partial charge in [0.1, 0.15) is 0 Å². The fraction of sp³-hybridized carbons (Fsp3) is 0.174. The van der Waals surface area contributed by atoms with Gasteiger partial charge in [0.15, 0.2) is 11.6 Å². The first-order chi connectivity index (χ1) is 35.8. The summed E-state index contributed by atoms with van der Waals surface area (Å²) in [6, 6.07) is 56.5. The summed E-state index contributed by atoms with van der Waals surface area (Å²) in [6.07, 6.45) is 0. The van der Waals surface area contributed by atoms with Crippen molar-refractivity contribution in [2.45, 2.75) is 76.0 Å². The quantitative estimate of drug-likeness (QED) is 0.142. The third kappa shape index (κ3) is 4.77. The minimum Gasteiger partial charge on any atom is -0.308 e. The van der Waals surface area contributed by atoms with Gasteiger partial charge < -0.3 is 4.40 Å². The topological polar surface area (TPSA) is 60.0 Å². The Morgan fingerprint density at radius 1 is 0.324 bits per heavy atom. The second-order valence-corrected chi connectivity index (χ2v) is 24.1. The Morgan fingerprint density at radius 2 is 0.743 bits per heavy atom. The molecule has 0 aliphatic heterocycles. The van der Waals surface area contributed by atoms with E-state index in [1.807, 2.05) is 4.40 Å². The number of carbonyl (C=O) groups excluding carboxylic acids is 2. The summed E-state index contributed by atoms with van der Waals surface area (Å²) in [5.41, 5.74) is 19.1. The van der Waals surface area contributed by atoms with Gasteiger partial charge in [-0.25, -0.2) is 0 Å². The molecule has 0 atom stereocenters. The number of pyridine rings is 1. The van der Waals surface area contributed by atoms with Crippen LogP contribution in [0.3, 0.4) is 0 Å². The summed E-state index contributed by atoms with van der Waals surface area (Å²) in [5, 5.41) is 8.73. The van der Waals surface area contributed by atoms with Crippen molar-refractivity contribution in [3.05, 3.63) is 246 Å². The molecule has 0 spiro atoms. The van der Waals surface area contributed by atoms with E-state index in [9.17, 15) is 0 Å². The van der Waals surface area contributed by atoms with Crippen LogP contribution in [0.4, 0.5) is 0 Å². The van der Waals surface area contributed by atoms with Gasteiger partial charge in [0.2, 0.25) is 0 Å². The van der Waals surface area contributed by atoms with Crippen molar-refractivity contribution in [3.8, 4) is 0 Å². The normalized spacial score (nSPS) is 18.8. The molecule has 352 valence electrons. The van der Waals surface area contributed by atoms with Crippen molar-refractivity contribution in [1.29, 1.82) is 0 Å². The molecule has 0 amide bonds. The van der Waals surface area contributed by atoms with Crippen LogP contribution >= 0.6 is 0 Å². The molecule has 0 N–H and O–H groups in total. The summed E-state index contributed by atoms with van der Waals surface area (Å²) < 4.78 is 4.35. The number of nitrogens with zero attached hydrogens (tertiary/aromatic N) is 2. The number of carbonyl (C=O) groups is 2.